The average Bonchev–Trinajstić information content (AvgIpc) is 3.22. The summed E-state index contributed by atoms with van der Waals surface area (Å²) in [6.07, 6.45) is 4.32. The van der Waals surface area contributed by atoms with Crippen LogP contribution in [-0.4, -0.2) is 44.0 Å². The quantitative estimate of drug-likeness (QED) is 0.834. The lowest BCUT2D eigenvalue weighted by Gasteiger charge is -2.15. The van der Waals surface area contributed by atoms with Gasteiger partial charge in [0.2, 0.25) is 11.8 Å². The lowest BCUT2D eigenvalue weighted by molar-refractivity contribution is -0.130. The Balaban J connectivity index is 1.53. The molecule has 122 valence electrons. The predicted octanol–water partition coefficient (Wildman–Crippen LogP) is 1.68. The molecule has 1 amide bonds. The van der Waals surface area contributed by atoms with Crippen LogP contribution < -0.4 is 0 Å². The van der Waals surface area contributed by atoms with Gasteiger partial charge in [0.25, 0.3) is 0 Å². The van der Waals surface area contributed by atoms with Gasteiger partial charge in [0.1, 0.15) is 5.82 Å². The molecule has 0 radical (unpaired) electrons. The van der Waals surface area contributed by atoms with Crippen molar-refractivity contribution in [2.75, 3.05) is 13.1 Å². The number of nitrogens with zero attached hydrogens (tertiary/aromatic N) is 5. The molecule has 0 aliphatic carbocycles. The molecule has 1 aliphatic rings. The molecule has 0 saturated carbocycles. The van der Waals surface area contributed by atoms with Gasteiger partial charge in [0.15, 0.2) is 5.82 Å². The van der Waals surface area contributed by atoms with Crippen molar-refractivity contribution in [3.05, 3.63) is 35.5 Å². The van der Waals surface area contributed by atoms with Crippen LogP contribution in [0.25, 0.3) is 0 Å². The van der Waals surface area contributed by atoms with Gasteiger partial charge >= 0.3 is 0 Å². The zero-order valence-corrected chi connectivity index (χ0v) is 13.5. The maximum Gasteiger partial charge on any atom is 0.227 e. The van der Waals surface area contributed by atoms with Crippen molar-refractivity contribution in [3.63, 3.8) is 0 Å². The highest BCUT2D eigenvalue weighted by molar-refractivity contribution is 5.76. The van der Waals surface area contributed by atoms with E-state index in [0.29, 0.717) is 31.1 Å². The van der Waals surface area contributed by atoms with E-state index < -0.39 is 0 Å². The van der Waals surface area contributed by atoms with Crippen molar-refractivity contribution >= 4 is 5.91 Å². The number of hydrogen-bond acceptors (Lipinski definition) is 6. The molecule has 1 fully saturated rings. The van der Waals surface area contributed by atoms with Gasteiger partial charge in [-0.05, 0) is 19.4 Å². The highest BCUT2D eigenvalue weighted by atomic mass is 16.5. The van der Waals surface area contributed by atoms with Gasteiger partial charge in [-0.3, -0.25) is 4.79 Å². The van der Waals surface area contributed by atoms with Gasteiger partial charge < -0.3 is 9.42 Å². The zero-order valence-electron chi connectivity index (χ0n) is 13.5. The van der Waals surface area contributed by atoms with E-state index in [2.05, 4.69) is 20.1 Å². The number of amides is 1. The standard InChI is InChI=1S/C16H21N5O2/c1-3-13-19-14(23-20-13)4-5-15(22)21-9-7-12(10-21)16-17-8-6-11(2)18-16/h6,8,12H,3-5,7,9-10H2,1-2H3/t12-/m0/s1. The number of rotatable bonds is 5. The van der Waals surface area contributed by atoms with E-state index in [1.165, 1.54) is 0 Å². The fourth-order valence-corrected chi connectivity index (χ4v) is 2.77. The van der Waals surface area contributed by atoms with Crippen molar-refractivity contribution in [2.24, 2.45) is 0 Å². The van der Waals surface area contributed by atoms with Crippen LogP contribution in [-0.2, 0) is 17.6 Å². The Labute approximate surface area is 135 Å². The van der Waals surface area contributed by atoms with Crippen molar-refractivity contribution in [2.45, 2.75) is 45.4 Å². The summed E-state index contributed by atoms with van der Waals surface area (Å²) in [5.41, 5.74) is 0.961. The molecule has 1 aliphatic heterocycles. The minimum absolute atomic E-state index is 0.122. The maximum atomic E-state index is 12.3. The maximum absolute atomic E-state index is 12.3. The highest BCUT2D eigenvalue weighted by Gasteiger charge is 2.29. The second-order valence-corrected chi connectivity index (χ2v) is 5.84. The third-order valence-corrected chi connectivity index (χ3v) is 4.10. The first-order chi connectivity index (χ1) is 11.2. The van der Waals surface area contributed by atoms with Crippen molar-refractivity contribution in [3.8, 4) is 0 Å². The SMILES string of the molecule is CCc1noc(CCC(=O)N2CC[C@H](c3nccc(C)n3)C2)n1. The van der Waals surface area contributed by atoms with Crippen LogP contribution in [0.1, 0.15) is 48.9 Å². The Morgan fingerprint density at radius 3 is 3.04 bits per heavy atom. The fourth-order valence-electron chi connectivity index (χ4n) is 2.77. The topological polar surface area (TPSA) is 85.0 Å². The van der Waals surface area contributed by atoms with Crippen LogP contribution in [0, 0.1) is 6.92 Å². The van der Waals surface area contributed by atoms with Gasteiger partial charge in [-0.1, -0.05) is 12.1 Å². The summed E-state index contributed by atoms with van der Waals surface area (Å²) in [4.78, 5) is 27.3. The molecular formula is C16H21N5O2. The molecule has 2 aromatic heterocycles. The first-order valence-corrected chi connectivity index (χ1v) is 8.04. The molecular weight excluding hydrogens is 294 g/mol. The van der Waals surface area contributed by atoms with Gasteiger partial charge in [0, 0.05) is 50.2 Å². The van der Waals surface area contributed by atoms with Gasteiger partial charge in [0.05, 0.1) is 0 Å². The second kappa shape index (κ2) is 6.85. The summed E-state index contributed by atoms with van der Waals surface area (Å²) < 4.78 is 5.12. The molecule has 2 aromatic rings. The summed E-state index contributed by atoms with van der Waals surface area (Å²) in [7, 11) is 0. The average molecular weight is 315 g/mol. The summed E-state index contributed by atoms with van der Waals surface area (Å²) in [5, 5.41) is 3.84. The van der Waals surface area contributed by atoms with Crippen LogP contribution in [0.2, 0.25) is 0 Å². The summed E-state index contributed by atoms with van der Waals surface area (Å²) in [5.74, 6) is 2.41. The van der Waals surface area contributed by atoms with Gasteiger partial charge in [-0.2, -0.15) is 4.98 Å². The minimum Gasteiger partial charge on any atom is -0.342 e. The van der Waals surface area contributed by atoms with Crippen molar-refractivity contribution < 1.29 is 9.32 Å². The molecule has 1 atom stereocenters. The van der Waals surface area contributed by atoms with Crippen LogP contribution in [0.15, 0.2) is 16.8 Å². The van der Waals surface area contributed by atoms with E-state index >= 15 is 0 Å². The van der Waals surface area contributed by atoms with E-state index in [1.807, 2.05) is 24.8 Å². The van der Waals surface area contributed by atoms with E-state index in [-0.39, 0.29) is 11.8 Å². The summed E-state index contributed by atoms with van der Waals surface area (Å²) in [6, 6.07) is 1.89. The molecule has 0 unspecified atom stereocenters. The first-order valence-electron chi connectivity index (χ1n) is 8.04. The molecule has 0 N–H and O–H groups in total. The van der Waals surface area contributed by atoms with Crippen LogP contribution in [0.5, 0.6) is 0 Å². The van der Waals surface area contributed by atoms with Crippen molar-refractivity contribution in [1.82, 2.24) is 25.0 Å². The van der Waals surface area contributed by atoms with Crippen LogP contribution in [0.3, 0.4) is 0 Å². The Bertz CT molecular complexity index is 685. The summed E-state index contributed by atoms with van der Waals surface area (Å²) >= 11 is 0. The molecule has 1 saturated heterocycles. The van der Waals surface area contributed by atoms with Gasteiger partial charge in [-0.15, -0.1) is 0 Å². The lowest BCUT2D eigenvalue weighted by atomic mass is 10.1. The first kappa shape index (κ1) is 15.6. The number of carbonyl (C=O) groups is 1. The molecule has 0 aromatic carbocycles. The number of likely N-dealkylation sites (tertiary alicyclic amines) is 1. The normalized spacial score (nSPS) is 17.7. The molecule has 3 rings (SSSR count). The molecule has 3 heterocycles. The number of hydrogen-bond donors (Lipinski definition) is 0. The minimum atomic E-state index is 0.122. The van der Waals surface area contributed by atoms with Crippen LogP contribution >= 0.6 is 0 Å². The highest BCUT2D eigenvalue weighted by Crippen LogP contribution is 2.25. The molecule has 0 spiro atoms. The third-order valence-electron chi connectivity index (χ3n) is 4.10. The smallest absolute Gasteiger partial charge is 0.227 e. The third kappa shape index (κ3) is 3.72. The number of aromatic nitrogens is 4. The Morgan fingerprint density at radius 1 is 1.43 bits per heavy atom. The number of carbonyl (C=O) groups excluding carboxylic acids is 1. The van der Waals surface area contributed by atoms with E-state index in [9.17, 15) is 4.79 Å². The molecule has 7 nitrogen and oxygen atoms in total. The fraction of sp³-hybridized carbons (Fsp3) is 0.562. The largest absolute Gasteiger partial charge is 0.342 e. The molecule has 23 heavy (non-hydrogen) atoms. The number of aryl methyl sites for hydroxylation is 3. The van der Waals surface area contributed by atoms with E-state index in [1.54, 1.807) is 6.20 Å². The van der Waals surface area contributed by atoms with Gasteiger partial charge in [-0.25, -0.2) is 9.97 Å². The Morgan fingerprint density at radius 2 is 2.30 bits per heavy atom. The van der Waals surface area contributed by atoms with E-state index in [0.717, 1.165) is 30.9 Å². The monoisotopic (exact) mass is 315 g/mol. The second-order valence-electron chi connectivity index (χ2n) is 5.84. The van der Waals surface area contributed by atoms with Crippen LogP contribution in [0.4, 0.5) is 0 Å². The Hall–Kier alpha value is -2.31. The zero-order chi connectivity index (χ0) is 16.2. The molecule has 0 bridgehead atoms. The van der Waals surface area contributed by atoms with Crippen molar-refractivity contribution in [1.29, 1.82) is 0 Å². The van der Waals surface area contributed by atoms with E-state index in [4.69, 9.17) is 4.52 Å². The Kier molecular flexibility index (Phi) is 4.64. The molecule has 7 heteroatoms. The predicted molar refractivity (Wildman–Crippen MR) is 82.7 cm³/mol. The summed E-state index contributed by atoms with van der Waals surface area (Å²) in [6.45, 7) is 5.37. The lowest BCUT2D eigenvalue weighted by Crippen LogP contribution is -2.28.